The number of nitrogens with one attached hydrogen (secondary N) is 1. The van der Waals surface area contributed by atoms with Crippen molar-refractivity contribution in [3.63, 3.8) is 0 Å². The Hall–Kier alpha value is -3.35. The SMILES string of the molecule is O=C(NCc1cc(F)ccc1F)c1cccc(-c2nccnc2N2CCCC2)c1. The summed E-state index contributed by atoms with van der Waals surface area (Å²) in [5.41, 5.74) is 2.02. The normalized spacial score (nSPS) is 13.5. The molecule has 5 nitrogen and oxygen atoms in total. The van der Waals surface area contributed by atoms with E-state index in [1.165, 1.54) is 0 Å². The standard InChI is InChI=1S/C22H20F2N4O/c23-18-6-7-19(24)17(13-18)14-27-22(29)16-5-3-4-15(12-16)20-21(26-9-8-25-20)28-10-1-2-11-28/h3-9,12-13H,1-2,10-11,14H2,(H,27,29). The average Bonchev–Trinajstić information content (AvgIpc) is 3.29. The minimum absolute atomic E-state index is 0.0970. The molecule has 4 rings (SSSR count). The Morgan fingerprint density at radius 3 is 2.66 bits per heavy atom. The van der Waals surface area contributed by atoms with Crippen molar-refractivity contribution in [2.24, 2.45) is 0 Å². The first kappa shape index (κ1) is 19.0. The molecule has 3 aromatic rings. The van der Waals surface area contributed by atoms with Gasteiger partial charge in [-0.15, -0.1) is 0 Å². The van der Waals surface area contributed by atoms with E-state index in [2.05, 4.69) is 20.2 Å². The zero-order valence-corrected chi connectivity index (χ0v) is 15.7. The number of carbonyl (C=O) groups excluding carboxylic acids is 1. The topological polar surface area (TPSA) is 58.1 Å². The van der Waals surface area contributed by atoms with Gasteiger partial charge in [-0.25, -0.2) is 13.8 Å². The average molecular weight is 394 g/mol. The Balaban J connectivity index is 1.55. The van der Waals surface area contributed by atoms with Crippen LogP contribution in [0, 0.1) is 11.6 Å². The molecule has 0 saturated carbocycles. The van der Waals surface area contributed by atoms with E-state index >= 15 is 0 Å². The molecule has 1 aliphatic rings. The van der Waals surface area contributed by atoms with Gasteiger partial charge in [0.15, 0.2) is 5.82 Å². The van der Waals surface area contributed by atoms with E-state index in [4.69, 9.17) is 0 Å². The summed E-state index contributed by atoms with van der Waals surface area (Å²) >= 11 is 0. The molecule has 1 aromatic heterocycles. The van der Waals surface area contributed by atoms with Gasteiger partial charge in [0.25, 0.3) is 5.91 Å². The lowest BCUT2D eigenvalue weighted by Crippen LogP contribution is -2.23. The van der Waals surface area contributed by atoms with Gasteiger partial charge in [-0.3, -0.25) is 9.78 Å². The van der Waals surface area contributed by atoms with E-state index in [1.807, 2.05) is 6.07 Å². The van der Waals surface area contributed by atoms with Crippen molar-refractivity contribution in [2.45, 2.75) is 19.4 Å². The second kappa shape index (κ2) is 8.34. The van der Waals surface area contributed by atoms with E-state index in [9.17, 15) is 13.6 Å². The van der Waals surface area contributed by atoms with Crippen LogP contribution < -0.4 is 10.2 Å². The van der Waals surface area contributed by atoms with Crippen LogP contribution in [0.15, 0.2) is 54.9 Å². The number of nitrogens with zero attached hydrogens (tertiary/aromatic N) is 3. The predicted octanol–water partition coefficient (Wildman–Crippen LogP) is 3.95. The molecule has 0 atom stereocenters. The molecule has 148 valence electrons. The smallest absolute Gasteiger partial charge is 0.251 e. The maximum Gasteiger partial charge on any atom is 0.251 e. The number of anilines is 1. The molecule has 29 heavy (non-hydrogen) atoms. The van der Waals surface area contributed by atoms with Crippen LogP contribution in [0.3, 0.4) is 0 Å². The molecule has 0 unspecified atom stereocenters. The number of aromatic nitrogens is 2. The van der Waals surface area contributed by atoms with Gasteiger partial charge in [0.05, 0.1) is 0 Å². The van der Waals surface area contributed by atoms with Crippen LogP contribution in [0.4, 0.5) is 14.6 Å². The van der Waals surface area contributed by atoms with E-state index in [-0.39, 0.29) is 18.0 Å². The third kappa shape index (κ3) is 4.23. The first-order chi connectivity index (χ1) is 14.1. The lowest BCUT2D eigenvalue weighted by Gasteiger charge is -2.19. The van der Waals surface area contributed by atoms with Crippen LogP contribution in [0.1, 0.15) is 28.8 Å². The lowest BCUT2D eigenvalue weighted by molar-refractivity contribution is 0.0950. The zero-order valence-electron chi connectivity index (χ0n) is 15.7. The van der Waals surface area contributed by atoms with Crippen molar-refractivity contribution in [2.75, 3.05) is 18.0 Å². The van der Waals surface area contributed by atoms with Crippen LogP contribution in [0.2, 0.25) is 0 Å². The van der Waals surface area contributed by atoms with Crippen LogP contribution in [-0.2, 0) is 6.54 Å². The first-order valence-corrected chi connectivity index (χ1v) is 9.50. The largest absolute Gasteiger partial charge is 0.355 e. The predicted molar refractivity (Wildman–Crippen MR) is 106 cm³/mol. The van der Waals surface area contributed by atoms with Gasteiger partial charge >= 0.3 is 0 Å². The fourth-order valence-electron chi connectivity index (χ4n) is 3.46. The van der Waals surface area contributed by atoms with Crippen LogP contribution >= 0.6 is 0 Å². The molecule has 0 bridgehead atoms. The summed E-state index contributed by atoms with van der Waals surface area (Å²) < 4.78 is 27.1. The fraction of sp³-hybridized carbons (Fsp3) is 0.227. The van der Waals surface area contributed by atoms with Crippen LogP contribution in [-0.4, -0.2) is 29.0 Å². The Labute approximate surface area is 167 Å². The van der Waals surface area contributed by atoms with Crippen molar-refractivity contribution in [1.82, 2.24) is 15.3 Å². The number of hydrogen-bond donors (Lipinski definition) is 1. The van der Waals surface area contributed by atoms with Crippen molar-refractivity contribution in [3.05, 3.63) is 77.6 Å². The molecule has 2 aromatic carbocycles. The molecule has 7 heteroatoms. The third-order valence-corrected chi connectivity index (χ3v) is 4.93. The van der Waals surface area contributed by atoms with Crippen molar-refractivity contribution < 1.29 is 13.6 Å². The van der Waals surface area contributed by atoms with Gasteiger partial charge in [0.1, 0.15) is 17.3 Å². The summed E-state index contributed by atoms with van der Waals surface area (Å²) in [6.45, 7) is 1.77. The van der Waals surface area contributed by atoms with Crippen molar-refractivity contribution in [3.8, 4) is 11.3 Å². The molecule has 0 radical (unpaired) electrons. The van der Waals surface area contributed by atoms with Crippen LogP contribution in [0.25, 0.3) is 11.3 Å². The first-order valence-electron chi connectivity index (χ1n) is 9.50. The van der Waals surface area contributed by atoms with E-state index in [1.54, 1.807) is 30.6 Å². The number of hydrogen-bond acceptors (Lipinski definition) is 4. The summed E-state index contributed by atoms with van der Waals surface area (Å²) in [5.74, 6) is -0.670. The van der Waals surface area contributed by atoms with E-state index < -0.39 is 11.6 Å². The maximum atomic E-state index is 13.8. The number of amides is 1. The second-order valence-corrected chi connectivity index (χ2v) is 6.92. The molecule has 1 amide bonds. The summed E-state index contributed by atoms with van der Waals surface area (Å²) in [4.78, 5) is 23.7. The summed E-state index contributed by atoms with van der Waals surface area (Å²) in [7, 11) is 0. The molecule has 1 N–H and O–H groups in total. The molecule has 2 heterocycles. The molecule has 0 spiro atoms. The summed E-state index contributed by atoms with van der Waals surface area (Å²) in [6.07, 6.45) is 5.54. The highest BCUT2D eigenvalue weighted by atomic mass is 19.1. The molecule has 1 saturated heterocycles. The highest BCUT2D eigenvalue weighted by molar-refractivity contribution is 5.95. The van der Waals surface area contributed by atoms with Crippen molar-refractivity contribution in [1.29, 1.82) is 0 Å². The van der Waals surface area contributed by atoms with E-state index in [0.717, 1.165) is 61.2 Å². The van der Waals surface area contributed by atoms with E-state index in [0.29, 0.717) is 5.56 Å². The Bertz CT molecular complexity index is 1030. The summed E-state index contributed by atoms with van der Waals surface area (Å²) in [6, 6.07) is 10.2. The van der Waals surface area contributed by atoms with Gasteiger partial charge < -0.3 is 10.2 Å². The number of benzene rings is 2. The lowest BCUT2D eigenvalue weighted by atomic mass is 10.1. The Morgan fingerprint density at radius 2 is 1.83 bits per heavy atom. The highest BCUT2D eigenvalue weighted by Gasteiger charge is 2.19. The molecular weight excluding hydrogens is 374 g/mol. The summed E-state index contributed by atoms with van der Waals surface area (Å²) in [5, 5.41) is 2.64. The molecular formula is C22H20F2N4O. The minimum Gasteiger partial charge on any atom is -0.355 e. The third-order valence-electron chi connectivity index (χ3n) is 4.93. The maximum absolute atomic E-state index is 13.8. The number of halogens is 2. The van der Waals surface area contributed by atoms with Gasteiger partial charge in [-0.2, -0.15) is 0 Å². The number of rotatable bonds is 5. The van der Waals surface area contributed by atoms with Crippen LogP contribution in [0.5, 0.6) is 0 Å². The van der Waals surface area contributed by atoms with Gasteiger partial charge in [0.2, 0.25) is 0 Å². The van der Waals surface area contributed by atoms with Gasteiger partial charge in [0, 0.05) is 48.7 Å². The van der Waals surface area contributed by atoms with Gasteiger partial charge in [-0.1, -0.05) is 12.1 Å². The second-order valence-electron chi connectivity index (χ2n) is 6.92. The molecule has 0 aliphatic carbocycles. The Kier molecular flexibility index (Phi) is 5.46. The molecule has 1 fully saturated rings. The number of carbonyl (C=O) groups is 1. The van der Waals surface area contributed by atoms with Gasteiger partial charge in [-0.05, 0) is 43.2 Å². The fourth-order valence-corrected chi connectivity index (χ4v) is 3.46. The highest BCUT2D eigenvalue weighted by Crippen LogP contribution is 2.29. The Morgan fingerprint density at radius 1 is 1.03 bits per heavy atom. The monoisotopic (exact) mass is 394 g/mol. The zero-order chi connectivity index (χ0) is 20.2. The van der Waals surface area contributed by atoms with Crippen molar-refractivity contribution >= 4 is 11.7 Å². The quantitative estimate of drug-likeness (QED) is 0.712. The minimum atomic E-state index is -0.560. The molecule has 1 aliphatic heterocycles.